The van der Waals surface area contributed by atoms with E-state index in [4.69, 9.17) is 9.47 Å². The quantitative estimate of drug-likeness (QED) is 0.605. The van der Waals surface area contributed by atoms with Gasteiger partial charge < -0.3 is 20.1 Å². The number of ether oxygens (including phenoxy) is 2. The van der Waals surface area contributed by atoms with Crippen LogP contribution in [0.5, 0.6) is 5.75 Å². The van der Waals surface area contributed by atoms with E-state index in [1.165, 1.54) is 12.1 Å². The molecule has 0 saturated heterocycles. The SMILES string of the molecule is COCCNCC(=O)NC(C)c1ccc(OCc2ccc(F)cc2)cc1.Cl. The van der Waals surface area contributed by atoms with Crippen LogP contribution < -0.4 is 15.4 Å². The lowest BCUT2D eigenvalue weighted by atomic mass is 10.1. The molecule has 0 radical (unpaired) electrons. The van der Waals surface area contributed by atoms with Crippen LogP contribution in [0.15, 0.2) is 48.5 Å². The molecular formula is C20H26ClFN2O3. The van der Waals surface area contributed by atoms with Crippen molar-refractivity contribution in [3.8, 4) is 5.75 Å². The number of amides is 1. The van der Waals surface area contributed by atoms with Gasteiger partial charge in [0.1, 0.15) is 18.2 Å². The fourth-order valence-corrected chi connectivity index (χ4v) is 2.35. The number of benzene rings is 2. The number of hydrogen-bond acceptors (Lipinski definition) is 4. The molecule has 0 aliphatic heterocycles. The zero-order valence-corrected chi connectivity index (χ0v) is 16.4. The van der Waals surface area contributed by atoms with E-state index in [9.17, 15) is 9.18 Å². The Hall–Kier alpha value is -2.15. The molecule has 0 heterocycles. The van der Waals surface area contributed by atoms with Crippen molar-refractivity contribution in [3.63, 3.8) is 0 Å². The van der Waals surface area contributed by atoms with Crippen molar-refractivity contribution < 1.29 is 18.7 Å². The Morgan fingerprint density at radius 3 is 2.41 bits per heavy atom. The number of nitrogens with one attached hydrogen (secondary N) is 2. The van der Waals surface area contributed by atoms with Gasteiger partial charge >= 0.3 is 0 Å². The van der Waals surface area contributed by atoms with Crippen molar-refractivity contribution in [3.05, 3.63) is 65.5 Å². The highest BCUT2D eigenvalue weighted by Gasteiger charge is 2.09. The Balaban J connectivity index is 0.00000364. The summed E-state index contributed by atoms with van der Waals surface area (Å²) in [6, 6.07) is 13.7. The lowest BCUT2D eigenvalue weighted by Gasteiger charge is -2.15. The molecule has 0 aliphatic rings. The zero-order chi connectivity index (χ0) is 18.8. The average Bonchev–Trinajstić information content (AvgIpc) is 2.65. The Kier molecular flexibility index (Phi) is 10.4. The highest BCUT2D eigenvalue weighted by Crippen LogP contribution is 2.18. The summed E-state index contributed by atoms with van der Waals surface area (Å²) in [6.45, 7) is 3.77. The summed E-state index contributed by atoms with van der Waals surface area (Å²) in [7, 11) is 1.62. The molecule has 7 heteroatoms. The summed E-state index contributed by atoms with van der Waals surface area (Å²) in [4.78, 5) is 11.9. The fourth-order valence-electron chi connectivity index (χ4n) is 2.35. The van der Waals surface area contributed by atoms with E-state index >= 15 is 0 Å². The van der Waals surface area contributed by atoms with Gasteiger partial charge in [0, 0.05) is 13.7 Å². The molecule has 0 aliphatic carbocycles. The summed E-state index contributed by atoms with van der Waals surface area (Å²) in [6.07, 6.45) is 0. The van der Waals surface area contributed by atoms with Gasteiger partial charge in [0.25, 0.3) is 0 Å². The zero-order valence-electron chi connectivity index (χ0n) is 15.5. The molecule has 5 nitrogen and oxygen atoms in total. The second-order valence-electron chi connectivity index (χ2n) is 5.94. The van der Waals surface area contributed by atoms with Gasteiger partial charge in [0.2, 0.25) is 5.91 Å². The van der Waals surface area contributed by atoms with Crippen LogP contribution in [-0.2, 0) is 16.1 Å². The number of halogens is 2. The normalized spacial score (nSPS) is 11.4. The topological polar surface area (TPSA) is 59.6 Å². The first-order chi connectivity index (χ1) is 12.6. The minimum Gasteiger partial charge on any atom is -0.489 e. The van der Waals surface area contributed by atoms with E-state index in [2.05, 4.69) is 10.6 Å². The van der Waals surface area contributed by atoms with Crippen LogP contribution in [0.2, 0.25) is 0 Å². The second-order valence-corrected chi connectivity index (χ2v) is 5.94. The van der Waals surface area contributed by atoms with Gasteiger partial charge in [-0.25, -0.2) is 4.39 Å². The van der Waals surface area contributed by atoms with Crippen LogP contribution in [0.3, 0.4) is 0 Å². The molecule has 1 unspecified atom stereocenters. The van der Waals surface area contributed by atoms with Gasteiger partial charge in [-0.05, 0) is 42.3 Å². The monoisotopic (exact) mass is 396 g/mol. The fraction of sp³-hybridized carbons (Fsp3) is 0.350. The minimum atomic E-state index is -0.261. The Morgan fingerprint density at radius 2 is 1.78 bits per heavy atom. The molecule has 1 amide bonds. The van der Waals surface area contributed by atoms with E-state index in [1.807, 2.05) is 31.2 Å². The van der Waals surface area contributed by atoms with Gasteiger partial charge in [0.15, 0.2) is 0 Å². The molecular weight excluding hydrogens is 371 g/mol. The lowest BCUT2D eigenvalue weighted by molar-refractivity contribution is -0.120. The largest absolute Gasteiger partial charge is 0.489 e. The molecule has 0 fully saturated rings. The maximum atomic E-state index is 12.9. The van der Waals surface area contributed by atoms with Crippen molar-refractivity contribution in [1.82, 2.24) is 10.6 Å². The van der Waals surface area contributed by atoms with E-state index in [0.29, 0.717) is 19.8 Å². The van der Waals surface area contributed by atoms with Crippen molar-refractivity contribution in [2.45, 2.75) is 19.6 Å². The average molecular weight is 397 g/mol. The molecule has 2 rings (SSSR count). The maximum absolute atomic E-state index is 12.9. The van der Waals surface area contributed by atoms with E-state index in [-0.39, 0.29) is 36.7 Å². The van der Waals surface area contributed by atoms with Crippen LogP contribution in [0.25, 0.3) is 0 Å². The molecule has 2 aromatic rings. The van der Waals surface area contributed by atoms with Crippen molar-refractivity contribution in [1.29, 1.82) is 0 Å². The molecule has 1 atom stereocenters. The van der Waals surface area contributed by atoms with E-state index < -0.39 is 0 Å². The third kappa shape index (κ3) is 8.39. The van der Waals surface area contributed by atoms with E-state index in [1.54, 1.807) is 19.2 Å². The number of carbonyl (C=O) groups is 1. The van der Waals surface area contributed by atoms with Crippen LogP contribution >= 0.6 is 12.4 Å². The minimum absolute atomic E-state index is 0. The molecule has 27 heavy (non-hydrogen) atoms. The first-order valence-corrected chi connectivity index (χ1v) is 8.54. The predicted octanol–water partition coefficient (Wildman–Crippen LogP) is 3.24. The standard InChI is InChI=1S/C20H25FN2O3.ClH/c1-15(23-20(24)13-22-11-12-25-2)17-5-9-19(10-6-17)26-14-16-3-7-18(21)8-4-16;/h3-10,15,22H,11-14H2,1-2H3,(H,23,24);1H. The third-order valence-corrected chi connectivity index (χ3v) is 3.84. The Morgan fingerprint density at radius 1 is 1.11 bits per heavy atom. The van der Waals surface area contributed by atoms with Crippen molar-refractivity contribution in [2.75, 3.05) is 26.8 Å². The molecule has 0 aromatic heterocycles. The summed E-state index contributed by atoms with van der Waals surface area (Å²) in [5.74, 6) is 0.395. The van der Waals surface area contributed by atoms with E-state index in [0.717, 1.165) is 16.9 Å². The Bertz CT molecular complexity index is 681. The van der Waals surface area contributed by atoms with Crippen LogP contribution in [0.1, 0.15) is 24.1 Å². The van der Waals surface area contributed by atoms with Gasteiger partial charge in [-0.2, -0.15) is 0 Å². The lowest BCUT2D eigenvalue weighted by Crippen LogP contribution is -2.36. The number of hydrogen-bond donors (Lipinski definition) is 2. The highest BCUT2D eigenvalue weighted by atomic mass is 35.5. The van der Waals surface area contributed by atoms with Crippen molar-refractivity contribution >= 4 is 18.3 Å². The van der Waals surface area contributed by atoms with Crippen LogP contribution in [0.4, 0.5) is 4.39 Å². The Labute approximate surface area is 165 Å². The second kappa shape index (κ2) is 12.3. The maximum Gasteiger partial charge on any atom is 0.234 e. The molecule has 0 saturated carbocycles. The molecule has 2 N–H and O–H groups in total. The number of rotatable bonds is 10. The number of methoxy groups -OCH3 is 1. The molecule has 2 aromatic carbocycles. The molecule has 148 valence electrons. The summed E-state index contributed by atoms with van der Waals surface area (Å²) in [5, 5.41) is 5.94. The number of carbonyl (C=O) groups excluding carboxylic acids is 1. The van der Waals surface area contributed by atoms with Crippen LogP contribution in [-0.4, -0.2) is 32.7 Å². The smallest absolute Gasteiger partial charge is 0.234 e. The first-order valence-electron chi connectivity index (χ1n) is 8.54. The van der Waals surface area contributed by atoms with Gasteiger partial charge in [0.05, 0.1) is 19.2 Å². The third-order valence-electron chi connectivity index (χ3n) is 3.84. The molecule has 0 bridgehead atoms. The predicted molar refractivity (Wildman–Crippen MR) is 106 cm³/mol. The van der Waals surface area contributed by atoms with Gasteiger partial charge in [-0.1, -0.05) is 24.3 Å². The summed E-state index contributed by atoms with van der Waals surface area (Å²) < 4.78 is 23.5. The van der Waals surface area contributed by atoms with Crippen molar-refractivity contribution in [2.24, 2.45) is 0 Å². The summed E-state index contributed by atoms with van der Waals surface area (Å²) in [5.41, 5.74) is 1.89. The summed E-state index contributed by atoms with van der Waals surface area (Å²) >= 11 is 0. The van der Waals surface area contributed by atoms with Gasteiger partial charge in [-0.3, -0.25) is 4.79 Å². The molecule has 0 spiro atoms. The first kappa shape index (κ1) is 22.9. The van der Waals surface area contributed by atoms with Crippen LogP contribution in [0, 0.1) is 5.82 Å². The van der Waals surface area contributed by atoms with Gasteiger partial charge in [-0.15, -0.1) is 12.4 Å². The highest BCUT2D eigenvalue weighted by molar-refractivity contribution is 5.85.